The molecule has 1 aliphatic rings. The van der Waals surface area contributed by atoms with Crippen molar-refractivity contribution >= 4 is 22.8 Å². The molecule has 0 radical (unpaired) electrons. The molecule has 3 heterocycles. The molecular formula is C17H25N5O2. The summed E-state index contributed by atoms with van der Waals surface area (Å²) in [6, 6.07) is 0.479. The molecule has 7 heteroatoms. The van der Waals surface area contributed by atoms with Crippen LogP contribution in [0.2, 0.25) is 0 Å². The number of nitrogens with zero attached hydrogens (tertiary/aromatic N) is 5. The number of methoxy groups -OCH3 is 1. The van der Waals surface area contributed by atoms with Crippen LogP contribution in [0.4, 0.5) is 5.82 Å². The predicted octanol–water partition coefficient (Wildman–Crippen LogP) is 2.40. The number of carbonyl (C=O) groups is 1. The summed E-state index contributed by atoms with van der Waals surface area (Å²) < 4.78 is 6.29. The van der Waals surface area contributed by atoms with Crippen LogP contribution in [0.1, 0.15) is 40.0 Å². The number of anilines is 1. The van der Waals surface area contributed by atoms with Crippen LogP contribution in [0.3, 0.4) is 0 Å². The maximum atomic E-state index is 11.5. The first-order valence-corrected chi connectivity index (χ1v) is 8.39. The molecule has 0 unspecified atom stereocenters. The van der Waals surface area contributed by atoms with Gasteiger partial charge in [0.15, 0.2) is 5.65 Å². The Morgan fingerprint density at radius 1 is 1.38 bits per heavy atom. The molecule has 0 amide bonds. The summed E-state index contributed by atoms with van der Waals surface area (Å²) in [4.78, 5) is 22.8. The van der Waals surface area contributed by atoms with Crippen molar-refractivity contribution < 1.29 is 9.53 Å². The molecule has 1 atom stereocenters. The number of ether oxygens (including phenoxy) is 1. The minimum atomic E-state index is -0.341. The van der Waals surface area contributed by atoms with Gasteiger partial charge in [0.2, 0.25) is 0 Å². The van der Waals surface area contributed by atoms with E-state index in [2.05, 4.69) is 40.7 Å². The molecule has 1 saturated heterocycles. The number of aromatic nitrogens is 4. The number of esters is 1. The lowest BCUT2D eigenvalue weighted by atomic mass is 9.87. The van der Waals surface area contributed by atoms with E-state index in [9.17, 15) is 4.79 Å². The summed E-state index contributed by atoms with van der Waals surface area (Å²) in [5.41, 5.74) is 0.945. The molecular weight excluding hydrogens is 306 g/mol. The number of hydrogen-bond donors (Lipinski definition) is 0. The molecule has 0 saturated carbocycles. The normalized spacial score (nSPS) is 18.3. The van der Waals surface area contributed by atoms with Crippen molar-refractivity contribution in [1.29, 1.82) is 0 Å². The molecule has 0 aromatic carbocycles. The van der Waals surface area contributed by atoms with E-state index >= 15 is 0 Å². The maximum Gasteiger partial charge on any atom is 0.327 e. The number of carbonyl (C=O) groups excluding carboxylic acids is 1. The SMILES string of the molecule is COC(=O)Cn1ncc2c(N3CCC[C@H]3CC(C)(C)C)ncnc21. The zero-order valence-electron chi connectivity index (χ0n) is 14.8. The highest BCUT2D eigenvalue weighted by Crippen LogP contribution is 2.34. The van der Waals surface area contributed by atoms with E-state index in [1.165, 1.54) is 20.0 Å². The summed E-state index contributed by atoms with van der Waals surface area (Å²) in [5.74, 6) is 0.579. The molecule has 7 nitrogen and oxygen atoms in total. The molecule has 2 aromatic rings. The first-order valence-electron chi connectivity index (χ1n) is 8.39. The lowest BCUT2D eigenvalue weighted by Crippen LogP contribution is -2.33. The molecule has 2 aromatic heterocycles. The van der Waals surface area contributed by atoms with Crippen LogP contribution in [0, 0.1) is 5.41 Å². The second kappa shape index (κ2) is 6.37. The third-order valence-electron chi connectivity index (χ3n) is 4.42. The van der Waals surface area contributed by atoms with Crippen molar-refractivity contribution in [3.05, 3.63) is 12.5 Å². The zero-order valence-corrected chi connectivity index (χ0v) is 14.8. The van der Waals surface area contributed by atoms with E-state index in [0.29, 0.717) is 11.7 Å². The quantitative estimate of drug-likeness (QED) is 0.801. The summed E-state index contributed by atoms with van der Waals surface area (Å²) in [6.45, 7) is 7.87. The van der Waals surface area contributed by atoms with E-state index in [1.54, 1.807) is 17.2 Å². The number of rotatable bonds is 4. The van der Waals surface area contributed by atoms with Crippen molar-refractivity contribution in [3.8, 4) is 0 Å². The van der Waals surface area contributed by atoms with Crippen molar-refractivity contribution in [2.45, 2.75) is 52.6 Å². The first-order chi connectivity index (χ1) is 11.4. The van der Waals surface area contributed by atoms with E-state index < -0.39 is 0 Å². The second-order valence-corrected chi connectivity index (χ2v) is 7.57. The standard InChI is InChI=1S/C17H25N5O2/c1-17(2,3)8-12-6-5-7-21(12)15-13-9-20-22(10-14(23)24-4)16(13)19-11-18-15/h9,11-12H,5-8,10H2,1-4H3/t12-/m0/s1. The van der Waals surface area contributed by atoms with Gasteiger partial charge in [-0.1, -0.05) is 20.8 Å². The minimum absolute atomic E-state index is 0.0574. The van der Waals surface area contributed by atoms with Gasteiger partial charge < -0.3 is 9.64 Å². The Kier molecular flexibility index (Phi) is 4.43. The van der Waals surface area contributed by atoms with Crippen LogP contribution in [0.25, 0.3) is 11.0 Å². The Bertz CT molecular complexity index is 734. The molecule has 3 rings (SSSR count). The third-order valence-corrected chi connectivity index (χ3v) is 4.42. The van der Waals surface area contributed by atoms with Crippen molar-refractivity contribution in [2.75, 3.05) is 18.6 Å². The molecule has 0 aliphatic carbocycles. The summed E-state index contributed by atoms with van der Waals surface area (Å²) in [5, 5.41) is 5.19. The largest absolute Gasteiger partial charge is 0.468 e. The zero-order chi connectivity index (χ0) is 17.3. The molecule has 0 N–H and O–H groups in total. The van der Waals surface area contributed by atoms with Crippen LogP contribution < -0.4 is 4.90 Å². The highest BCUT2D eigenvalue weighted by atomic mass is 16.5. The second-order valence-electron chi connectivity index (χ2n) is 7.57. The lowest BCUT2D eigenvalue weighted by Gasteiger charge is -2.31. The van der Waals surface area contributed by atoms with Crippen molar-refractivity contribution in [1.82, 2.24) is 19.7 Å². The number of hydrogen-bond acceptors (Lipinski definition) is 6. The average molecular weight is 331 g/mol. The Morgan fingerprint density at radius 2 is 2.17 bits per heavy atom. The number of fused-ring (bicyclic) bond motifs is 1. The lowest BCUT2D eigenvalue weighted by molar-refractivity contribution is -0.141. The van der Waals surface area contributed by atoms with Gasteiger partial charge in [0.25, 0.3) is 0 Å². The molecule has 1 fully saturated rings. The topological polar surface area (TPSA) is 73.1 Å². The van der Waals surface area contributed by atoms with Gasteiger partial charge in [0.05, 0.1) is 18.7 Å². The van der Waals surface area contributed by atoms with E-state index in [-0.39, 0.29) is 17.9 Å². The highest BCUT2D eigenvalue weighted by molar-refractivity contribution is 5.87. The van der Waals surface area contributed by atoms with Crippen LogP contribution in [0.5, 0.6) is 0 Å². The van der Waals surface area contributed by atoms with E-state index in [4.69, 9.17) is 4.74 Å². The van der Waals surface area contributed by atoms with Crippen molar-refractivity contribution in [3.63, 3.8) is 0 Å². The van der Waals surface area contributed by atoms with Gasteiger partial charge in [-0.2, -0.15) is 5.10 Å². The Morgan fingerprint density at radius 3 is 2.88 bits per heavy atom. The molecule has 130 valence electrons. The van der Waals surface area contributed by atoms with Crippen LogP contribution in [-0.2, 0) is 16.1 Å². The summed E-state index contributed by atoms with van der Waals surface area (Å²) >= 11 is 0. The fourth-order valence-corrected chi connectivity index (χ4v) is 3.45. The van der Waals surface area contributed by atoms with Crippen LogP contribution in [0.15, 0.2) is 12.5 Å². The Hall–Kier alpha value is -2.18. The van der Waals surface area contributed by atoms with Gasteiger partial charge in [-0.25, -0.2) is 14.6 Å². The van der Waals surface area contributed by atoms with Gasteiger partial charge in [0.1, 0.15) is 18.7 Å². The molecule has 0 spiro atoms. The first kappa shape index (κ1) is 16.7. The van der Waals surface area contributed by atoms with Gasteiger partial charge in [-0.15, -0.1) is 0 Å². The fourth-order valence-electron chi connectivity index (χ4n) is 3.45. The van der Waals surface area contributed by atoms with Gasteiger partial charge >= 0.3 is 5.97 Å². The summed E-state index contributed by atoms with van der Waals surface area (Å²) in [6.07, 6.45) is 6.77. The molecule has 24 heavy (non-hydrogen) atoms. The van der Waals surface area contributed by atoms with Gasteiger partial charge in [-0.3, -0.25) is 4.79 Å². The fraction of sp³-hybridized carbons (Fsp3) is 0.647. The van der Waals surface area contributed by atoms with Gasteiger partial charge in [-0.05, 0) is 24.7 Å². The highest BCUT2D eigenvalue weighted by Gasteiger charge is 2.31. The Balaban J connectivity index is 1.93. The summed E-state index contributed by atoms with van der Waals surface area (Å²) in [7, 11) is 1.37. The Labute approximate surface area is 142 Å². The van der Waals surface area contributed by atoms with Crippen LogP contribution >= 0.6 is 0 Å². The van der Waals surface area contributed by atoms with Gasteiger partial charge in [0, 0.05) is 12.6 Å². The average Bonchev–Trinajstić information content (AvgIpc) is 3.12. The molecule has 0 bridgehead atoms. The smallest absolute Gasteiger partial charge is 0.327 e. The maximum absolute atomic E-state index is 11.5. The third kappa shape index (κ3) is 3.34. The predicted molar refractivity (Wildman–Crippen MR) is 91.8 cm³/mol. The van der Waals surface area contributed by atoms with Crippen molar-refractivity contribution in [2.24, 2.45) is 5.41 Å². The molecule has 1 aliphatic heterocycles. The monoisotopic (exact) mass is 331 g/mol. The van der Waals surface area contributed by atoms with E-state index in [0.717, 1.165) is 24.2 Å². The van der Waals surface area contributed by atoms with Crippen LogP contribution in [-0.4, -0.2) is 45.4 Å². The minimum Gasteiger partial charge on any atom is -0.468 e. The van der Waals surface area contributed by atoms with E-state index in [1.807, 2.05) is 0 Å².